The molecule has 0 aromatic heterocycles. The Morgan fingerprint density at radius 2 is 1.93 bits per heavy atom. The molecule has 6 heteroatoms. The van der Waals surface area contributed by atoms with Crippen LogP contribution in [-0.4, -0.2) is 29.8 Å². The van der Waals surface area contributed by atoms with E-state index in [2.05, 4.69) is 4.74 Å². The fourth-order valence-corrected chi connectivity index (χ4v) is 0.820. The van der Waals surface area contributed by atoms with Gasteiger partial charge in [-0.1, -0.05) is 13.8 Å². The molecule has 0 aromatic rings. The molecule has 5 N–H and O–H groups in total. The molecule has 0 aliphatic rings. The normalized spacial score (nSPS) is 16.9. The summed E-state index contributed by atoms with van der Waals surface area (Å²) in [7, 11) is 0. The third-order valence-electron chi connectivity index (χ3n) is 2.21. The molecule has 14 heavy (non-hydrogen) atoms. The number of nitrogens with two attached hydrogens (primary N) is 2. The van der Waals surface area contributed by atoms with Crippen LogP contribution in [0.5, 0.6) is 0 Å². The molecule has 0 saturated carbocycles. The number of esters is 1. The molecule has 0 amide bonds. The predicted molar refractivity (Wildman–Crippen MR) is 49.1 cm³/mol. The summed E-state index contributed by atoms with van der Waals surface area (Å²) < 4.78 is 4.48. The van der Waals surface area contributed by atoms with E-state index in [0.717, 1.165) is 0 Å². The van der Waals surface area contributed by atoms with Gasteiger partial charge in [-0.3, -0.25) is 5.73 Å². The summed E-state index contributed by atoms with van der Waals surface area (Å²) in [6.07, 6.45) is -0.933. The van der Waals surface area contributed by atoms with E-state index in [0.29, 0.717) is 6.54 Å². The Balaban J connectivity index is 4.13. The Morgan fingerprint density at radius 1 is 1.43 bits per heavy atom. The van der Waals surface area contributed by atoms with Crippen LogP contribution < -0.4 is 11.5 Å². The van der Waals surface area contributed by atoms with E-state index in [1.165, 1.54) is 0 Å². The summed E-state index contributed by atoms with van der Waals surface area (Å²) in [5.74, 6) is -3.10. The van der Waals surface area contributed by atoms with E-state index >= 15 is 0 Å². The van der Waals surface area contributed by atoms with Gasteiger partial charge < -0.3 is 15.6 Å². The molecular weight excluding hydrogens is 188 g/mol. The van der Waals surface area contributed by atoms with Crippen molar-refractivity contribution in [3.05, 3.63) is 0 Å². The van der Waals surface area contributed by atoms with Crippen molar-refractivity contribution in [1.82, 2.24) is 0 Å². The quantitative estimate of drug-likeness (QED) is 0.311. The van der Waals surface area contributed by atoms with Gasteiger partial charge in [0.1, 0.15) is 0 Å². The third-order valence-corrected chi connectivity index (χ3v) is 2.21. The van der Waals surface area contributed by atoms with Crippen LogP contribution in [0.3, 0.4) is 0 Å². The van der Waals surface area contributed by atoms with Crippen LogP contribution in [0.1, 0.15) is 13.8 Å². The summed E-state index contributed by atoms with van der Waals surface area (Å²) >= 11 is 0. The first-order valence-corrected chi connectivity index (χ1v) is 4.29. The number of hydrogen-bond donors (Lipinski definition) is 3. The number of aliphatic carboxylic acids is 1. The SMILES string of the molecule is CC(CN)C(C)C(N)OC(=O)C(=O)O. The Labute approximate surface area is 82.2 Å². The van der Waals surface area contributed by atoms with Gasteiger partial charge in [-0.05, 0) is 12.5 Å². The first-order valence-electron chi connectivity index (χ1n) is 4.29. The number of hydrogen-bond acceptors (Lipinski definition) is 5. The van der Waals surface area contributed by atoms with Gasteiger partial charge in [0.05, 0.1) is 0 Å². The molecule has 0 aromatic carbocycles. The Morgan fingerprint density at radius 3 is 2.29 bits per heavy atom. The fraction of sp³-hybridized carbons (Fsp3) is 0.750. The molecule has 0 fully saturated rings. The van der Waals surface area contributed by atoms with E-state index in [9.17, 15) is 9.59 Å². The molecule has 0 rings (SSSR count). The van der Waals surface area contributed by atoms with Crippen LogP contribution in [0, 0.1) is 11.8 Å². The van der Waals surface area contributed by atoms with Gasteiger partial charge in [0.2, 0.25) is 0 Å². The molecular formula is C8H16N2O4. The van der Waals surface area contributed by atoms with Crippen LogP contribution in [0.2, 0.25) is 0 Å². The van der Waals surface area contributed by atoms with E-state index in [4.69, 9.17) is 16.6 Å². The fourth-order valence-electron chi connectivity index (χ4n) is 0.820. The van der Waals surface area contributed by atoms with Gasteiger partial charge in [0, 0.05) is 5.92 Å². The predicted octanol–water partition coefficient (Wildman–Crippen LogP) is -0.870. The summed E-state index contributed by atoms with van der Waals surface area (Å²) in [6, 6.07) is 0. The lowest BCUT2D eigenvalue weighted by molar-refractivity contribution is -0.169. The van der Waals surface area contributed by atoms with Crippen molar-refractivity contribution in [2.75, 3.05) is 6.54 Å². The first kappa shape index (κ1) is 12.9. The maximum absolute atomic E-state index is 10.6. The van der Waals surface area contributed by atoms with Crippen LogP contribution >= 0.6 is 0 Å². The highest BCUT2D eigenvalue weighted by atomic mass is 16.6. The van der Waals surface area contributed by atoms with E-state index in [1.54, 1.807) is 6.92 Å². The highest BCUT2D eigenvalue weighted by molar-refractivity contribution is 6.28. The van der Waals surface area contributed by atoms with Crippen LogP contribution in [0.25, 0.3) is 0 Å². The molecule has 0 heterocycles. The third kappa shape index (κ3) is 3.71. The average Bonchev–Trinajstić information content (AvgIpc) is 2.14. The lowest BCUT2D eigenvalue weighted by Crippen LogP contribution is -2.40. The number of carboxylic acids is 1. The summed E-state index contributed by atoms with van der Waals surface area (Å²) in [5.41, 5.74) is 10.9. The second kappa shape index (κ2) is 5.56. The minimum Gasteiger partial charge on any atom is -0.473 e. The molecule has 3 unspecified atom stereocenters. The van der Waals surface area contributed by atoms with Gasteiger partial charge >= 0.3 is 11.9 Å². The number of carbonyl (C=O) groups excluding carboxylic acids is 1. The molecule has 0 bridgehead atoms. The second-order valence-electron chi connectivity index (χ2n) is 3.25. The highest BCUT2D eigenvalue weighted by Crippen LogP contribution is 2.13. The summed E-state index contributed by atoms with van der Waals surface area (Å²) in [6.45, 7) is 4.00. The van der Waals surface area contributed by atoms with Crippen molar-refractivity contribution in [3.63, 3.8) is 0 Å². The van der Waals surface area contributed by atoms with Crippen molar-refractivity contribution in [1.29, 1.82) is 0 Å². The molecule has 3 atom stereocenters. The minimum absolute atomic E-state index is 0.0617. The lowest BCUT2D eigenvalue weighted by atomic mass is 9.95. The van der Waals surface area contributed by atoms with Crippen LogP contribution in [0.15, 0.2) is 0 Å². The molecule has 0 spiro atoms. The van der Waals surface area contributed by atoms with Crippen LogP contribution in [-0.2, 0) is 14.3 Å². The Kier molecular flexibility index (Phi) is 5.11. The smallest absolute Gasteiger partial charge is 0.418 e. The van der Waals surface area contributed by atoms with Gasteiger partial charge in [0.15, 0.2) is 6.23 Å². The van der Waals surface area contributed by atoms with Crippen molar-refractivity contribution < 1.29 is 19.4 Å². The molecule has 0 aliphatic carbocycles. The summed E-state index contributed by atoms with van der Waals surface area (Å²) in [5, 5.41) is 8.25. The van der Waals surface area contributed by atoms with Crippen molar-refractivity contribution in [2.24, 2.45) is 23.3 Å². The monoisotopic (exact) mass is 204 g/mol. The van der Waals surface area contributed by atoms with Crippen molar-refractivity contribution >= 4 is 11.9 Å². The van der Waals surface area contributed by atoms with Crippen molar-refractivity contribution in [2.45, 2.75) is 20.1 Å². The van der Waals surface area contributed by atoms with E-state index in [1.807, 2.05) is 6.92 Å². The maximum Gasteiger partial charge on any atom is 0.418 e. The van der Waals surface area contributed by atoms with Gasteiger partial charge in [-0.15, -0.1) is 0 Å². The largest absolute Gasteiger partial charge is 0.473 e. The molecule has 0 aliphatic heterocycles. The number of rotatable bonds is 4. The molecule has 82 valence electrons. The highest BCUT2D eigenvalue weighted by Gasteiger charge is 2.24. The van der Waals surface area contributed by atoms with Gasteiger partial charge in [-0.25, -0.2) is 9.59 Å². The summed E-state index contributed by atoms with van der Waals surface area (Å²) in [4.78, 5) is 20.8. The molecule has 0 saturated heterocycles. The number of carboxylic acid groups (broad SMARTS) is 1. The van der Waals surface area contributed by atoms with E-state index in [-0.39, 0.29) is 11.8 Å². The maximum atomic E-state index is 10.6. The zero-order chi connectivity index (χ0) is 11.3. The van der Waals surface area contributed by atoms with Gasteiger partial charge in [0.25, 0.3) is 0 Å². The Hall–Kier alpha value is -1.14. The zero-order valence-electron chi connectivity index (χ0n) is 8.27. The molecule has 0 radical (unpaired) electrons. The van der Waals surface area contributed by atoms with Gasteiger partial charge in [-0.2, -0.15) is 0 Å². The second-order valence-corrected chi connectivity index (χ2v) is 3.25. The van der Waals surface area contributed by atoms with Crippen LogP contribution in [0.4, 0.5) is 0 Å². The first-order chi connectivity index (χ1) is 6.40. The Bertz CT molecular complexity index is 219. The lowest BCUT2D eigenvalue weighted by Gasteiger charge is -2.23. The molecule has 6 nitrogen and oxygen atoms in total. The minimum atomic E-state index is -1.65. The van der Waals surface area contributed by atoms with E-state index < -0.39 is 18.2 Å². The standard InChI is InChI=1S/C8H16N2O4/c1-4(3-9)5(2)6(10)14-8(13)7(11)12/h4-6H,3,9-10H2,1-2H3,(H,11,12). The zero-order valence-corrected chi connectivity index (χ0v) is 8.27. The average molecular weight is 204 g/mol. The number of carbonyl (C=O) groups is 2. The topological polar surface area (TPSA) is 116 Å². The van der Waals surface area contributed by atoms with Crippen molar-refractivity contribution in [3.8, 4) is 0 Å². The number of ether oxygens (including phenoxy) is 1.